The van der Waals surface area contributed by atoms with Crippen molar-refractivity contribution in [2.24, 2.45) is 11.8 Å². The topological polar surface area (TPSA) is 75.6 Å². The predicted octanol–water partition coefficient (Wildman–Crippen LogP) is 4.53. The van der Waals surface area contributed by atoms with Gasteiger partial charge in [0.15, 0.2) is 0 Å². The van der Waals surface area contributed by atoms with Gasteiger partial charge in [0, 0.05) is 12.1 Å². The van der Waals surface area contributed by atoms with E-state index in [1.165, 1.54) is 0 Å². The number of hydrogen-bond acceptors (Lipinski definition) is 3. The molecule has 0 spiro atoms. The highest BCUT2D eigenvalue weighted by Gasteiger charge is 2.35. The van der Waals surface area contributed by atoms with Crippen molar-refractivity contribution >= 4 is 22.6 Å². The van der Waals surface area contributed by atoms with E-state index in [-0.39, 0.29) is 5.91 Å². The fraction of sp³-hybridized carbons (Fsp3) is 0.478. The van der Waals surface area contributed by atoms with Gasteiger partial charge in [-0.1, -0.05) is 56.5 Å². The second-order valence-corrected chi connectivity index (χ2v) is 7.52. The number of rotatable bonds is 8. The number of unbranched alkanes of at least 4 members (excludes halogenated alkanes) is 1. The summed E-state index contributed by atoms with van der Waals surface area (Å²) in [6.45, 7) is 3.10. The fourth-order valence-electron chi connectivity index (χ4n) is 4.01. The normalized spacial score (nSPS) is 19.3. The van der Waals surface area contributed by atoms with Crippen molar-refractivity contribution in [1.82, 2.24) is 5.32 Å². The third-order valence-corrected chi connectivity index (χ3v) is 5.61. The van der Waals surface area contributed by atoms with Crippen LogP contribution in [0.15, 0.2) is 36.4 Å². The second kappa shape index (κ2) is 9.58. The van der Waals surface area contributed by atoms with E-state index in [1.54, 1.807) is 0 Å². The lowest BCUT2D eigenvalue weighted by atomic mass is 9.78. The molecular weight excluding hydrogens is 354 g/mol. The summed E-state index contributed by atoms with van der Waals surface area (Å²) in [4.78, 5) is 24.3. The molecule has 28 heavy (non-hydrogen) atoms. The van der Waals surface area contributed by atoms with Gasteiger partial charge in [0.25, 0.3) is 0 Å². The largest absolute Gasteiger partial charge is 0.493 e. The maximum atomic E-state index is 12.8. The molecular formula is C23H29NO4. The summed E-state index contributed by atoms with van der Waals surface area (Å²) in [6.07, 6.45) is 5.02. The number of nitrogens with one attached hydrogen (secondary N) is 1. The molecule has 0 aromatic heterocycles. The number of ether oxygens (including phenoxy) is 1. The van der Waals surface area contributed by atoms with Crippen molar-refractivity contribution in [3.05, 3.63) is 42.0 Å². The number of benzene rings is 2. The van der Waals surface area contributed by atoms with E-state index < -0.39 is 17.8 Å². The lowest BCUT2D eigenvalue weighted by Crippen LogP contribution is -2.39. The maximum Gasteiger partial charge on any atom is 0.307 e. The summed E-state index contributed by atoms with van der Waals surface area (Å²) in [6, 6.07) is 12.0. The molecule has 0 saturated heterocycles. The number of fused-ring (bicyclic) bond motifs is 1. The van der Waals surface area contributed by atoms with E-state index in [0.29, 0.717) is 26.0 Å². The molecule has 1 amide bonds. The number of carboxylic acids is 1. The standard InChI is InChI=1S/C23H29NO4/c1-2-3-14-28-21-13-12-16-8-4-5-9-17(16)20(21)15-24-22(25)18-10-6-7-11-19(18)23(26)27/h4-5,8-9,12-13,18-19H,2-3,6-7,10-11,14-15H2,1H3,(H,24,25)(H,26,27). The smallest absolute Gasteiger partial charge is 0.307 e. The molecule has 1 aliphatic carbocycles. The Kier molecular flexibility index (Phi) is 6.90. The van der Waals surface area contributed by atoms with Crippen LogP contribution in [0.5, 0.6) is 5.75 Å². The van der Waals surface area contributed by atoms with Crippen LogP contribution in [0.25, 0.3) is 10.8 Å². The number of aliphatic carboxylic acids is 1. The Morgan fingerprint density at radius 2 is 1.86 bits per heavy atom. The number of hydrogen-bond donors (Lipinski definition) is 2. The molecule has 2 atom stereocenters. The molecule has 0 heterocycles. The zero-order valence-corrected chi connectivity index (χ0v) is 16.4. The summed E-state index contributed by atoms with van der Waals surface area (Å²) >= 11 is 0. The highest BCUT2D eigenvalue weighted by Crippen LogP contribution is 2.32. The van der Waals surface area contributed by atoms with Crippen LogP contribution < -0.4 is 10.1 Å². The molecule has 2 aromatic rings. The van der Waals surface area contributed by atoms with Crippen molar-refractivity contribution < 1.29 is 19.4 Å². The van der Waals surface area contributed by atoms with Crippen molar-refractivity contribution in [1.29, 1.82) is 0 Å². The molecule has 3 rings (SSSR count). The van der Waals surface area contributed by atoms with Gasteiger partial charge in [-0.3, -0.25) is 9.59 Å². The van der Waals surface area contributed by atoms with Crippen LogP contribution in [0.2, 0.25) is 0 Å². The molecule has 1 aliphatic rings. The van der Waals surface area contributed by atoms with Crippen molar-refractivity contribution in [3.8, 4) is 5.75 Å². The Labute approximate surface area is 166 Å². The Morgan fingerprint density at radius 1 is 1.11 bits per heavy atom. The monoisotopic (exact) mass is 383 g/mol. The highest BCUT2D eigenvalue weighted by atomic mass is 16.5. The average molecular weight is 383 g/mol. The van der Waals surface area contributed by atoms with Crippen LogP contribution in [0.1, 0.15) is 51.0 Å². The van der Waals surface area contributed by atoms with Crippen LogP contribution in [-0.4, -0.2) is 23.6 Å². The van der Waals surface area contributed by atoms with Crippen molar-refractivity contribution in [2.75, 3.05) is 6.61 Å². The van der Waals surface area contributed by atoms with Gasteiger partial charge in [0.05, 0.1) is 18.4 Å². The first-order valence-corrected chi connectivity index (χ1v) is 10.3. The zero-order chi connectivity index (χ0) is 19.9. The van der Waals surface area contributed by atoms with E-state index in [0.717, 1.165) is 47.8 Å². The van der Waals surface area contributed by atoms with Crippen LogP contribution in [0, 0.1) is 11.8 Å². The average Bonchev–Trinajstić information content (AvgIpc) is 2.72. The van der Waals surface area contributed by atoms with Gasteiger partial charge in [-0.2, -0.15) is 0 Å². The van der Waals surface area contributed by atoms with Gasteiger partial charge in [-0.25, -0.2) is 0 Å². The van der Waals surface area contributed by atoms with Gasteiger partial charge in [0.1, 0.15) is 5.75 Å². The first kappa shape index (κ1) is 20.2. The minimum atomic E-state index is -0.867. The minimum Gasteiger partial charge on any atom is -0.493 e. The predicted molar refractivity (Wildman–Crippen MR) is 109 cm³/mol. The molecule has 2 unspecified atom stereocenters. The van der Waals surface area contributed by atoms with Gasteiger partial charge in [-0.15, -0.1) is 0 Å². The van der Waals surface area contributed by atoms with E-state index in [4.69, 9.17) is 4.74 Å². The molecule has 0 aliphatic heterocycles. The molecule has 5 nitrogen and oxygen atoms in total. The zero-order valence-electron chi connectivity index (χ0n) is 16.4. The molecule has 0 bridgehead atoms. The lowest BCUT2D eigenvalue weighted by Gasteiger charge is -2.27. The summed E-state index contributed by atoms with van der Waals surface area (Å²) in [5.74, 6) is -1.29. The fourth-order valence-corrected chi connectivity index (χ4v) is 4.01. The number of carboxylic acid groups (broad SMARTS) is 1. The Bertz CT molecular complexity index is 832. The third kappa shape index (κ3) is 4.64. The molecule has 1 fully saturated rings. The summed E-state index contributed by atoms with van der Waals surface area (Å²) in [7, 11) is 0. The van der Waals surface area contributed by atoms with Gasteiger partial charge in [-0.05, 0) is 36.1 Å². The van der Waals surface area contributed by atoms with E-state index >= 15 is 0 Å². The first-order valence-electron chi connectivity index (χ1n) is 10.3. The van der Waals surface area contributed by atoms with Crippen molar-refractivity contribution in [3.63, 3.8) is 0 Å². The Hall–Kier alpha value is -2.56. The number of amides is 1. The molecule has 2 N–H and O–H groups in total. The van der Waals surface area contributed by atoms with Gasteiger partial charge >= 0.3 is 5.97 Å². The van der Waals surface area contributed by atoms with Crippen LogP contribution in [0.3, 0.4) is 0 Å². The first-order chi connectivity index (χ1) is 13.6. The molecule has 5 heteroatoms. The van der Waals surface area contributed by atoms with Gasteiger partial charge in [0.2, 0.25) is 5.91 Å². The molecule has 0 radical (unpaired) electrons. The number of carbonyl (C=O) groups excluding carboxylic acids is 1. The molecule has 150 valence electrons. The lowest BCUT2D eigenvalue weighted by molar-refractivity contribution is -0.148. The second-order valence-electron chi connectivity index (χ2n) is 7.52. The third-order valence-electron chi connectivity index (χ3n) is 5.61. The van der Waals surface area contributed by atoms with Crippen LogP contribution >= 0.6 is 0 Å². The van der Waals surface area contributed by atoms with E-state index in [9.17, 15) is 14.7 Å². The molecule has 1 saturated carbocycles. The summed E-state index contributed by atoms with van der Waals surface area (Å²) in [5.41, 5.74) is 0.949. The van der Waals surface area contributed by atoms with Crippen molar-refractivity contribution in [2.45, 2.75) is 52.0 Å². The SMILES string of the molecule is CCCCOc1ccc2ccccc2c1CNC(=O)C1CCCCC1C(=O)O. The quantitative estimate of drug-likeness (QED) is 0.657. The maximum absolute atomic E-state index is 12.8. The summed E-state index contributed by atoms with van der Waals surface area (Å²) < 4.78 is 5.98. The van der Waals surface area contributed by atoms with E-state index in [1.807, 2.05) is 36.4 Å². The number of carbonyl (C=O) groups is 2. The van der Waals surface area contributed by atoms with Gasteiger partial charge < -0.3 is 15.2 Å². The molecule has 2 aromatic carbocycles. The van der Waals surface area contributed by atoms with Crippen LogP contribution in [-0.2, 0) is 16.1 Å². The van der Waals surface area contributed by atoms with E-state index in [2.05, 4.69) is 12.2 Å². The Morgan fingerprint density at radius 3 is 2.61 bits per heavy atom. The Balaban J connectivity index is 1.79. The summed E-state index contributed by atoms with van der Waals surface area (Å²) in [5, 5.41) is 14.6. The minimum absolute atomic E-state index is 0.167. The van der Waals surface area contributed by atoms with Crippen LogP contribution in [0.4, 0.5) is 0 Å². The highest BCUT2D eigenvalue weighted by molar-refractivity contribution is 5.89.